The quantitative estimate of drug-likeness (QED) is 0.355. The summed E-state index contributed by atoms with van der Waals surface area (Å²) in [5.74, 6) is -1.69. The van der Waals surface area contributed by atoms with Gasteiger partial charge in [0.1, 0.15) is 0 Å². The van der Waals surface area contributed by atoms with E-state index in [2.05, 4.69) is 29.6 Å². The first-order valence-corrected chi connectivity index (χ1v) is 13.0. The Morgan fingerprint density at radius 2 is 1.16 bits per heavy atom. The molecule has 1 saturated heterocycles. The molecule has 1 aliphatic heterocycles. The van der Waals surface area contributed by atoms with E-state index in [0.29, 0.717) is 11.3 Å². The fraction of sp³-hybridized carbons (Fsp3) is 0.182. The molecule has 0 spiro atoms. The molecule has 2 atom stereocenters. The Morgan fingerprint density at radius 1 is 0.658 bits per heavy atom. The largest absolute Gasteiger partial charge is 0.322 e. The molecule has 4 aliphatic rings. The predicted octanol–water partition coefficient (Wildman–Crippen LogP) is 5.95. The van der Waals surface area contributed by atoms with Crippen molar-refractivity contribution < 1.29 is 14.4 Å². The fourth-order valence-electron chi connectivity index (χ4n) is 6.72. The standard InChI is InChI=1S/C33H26N2O3/c1-18-11-14-21(17-19(18)2)34-31(36)20-12-15-22(16-13-20)35-32(37)29-27-23-7-3-4-8-24(23)28(30(29)33(35)38)26-10-6-5-9-25(26)27/h3-17,27-30H,1-2H3,(H,34,36)/t27?,28?,29-,30-/m0/s1. The molecule has 4 aromatic rings. The topological polar surface area (TPSA) is 66.5 Å². The van der Waals surface area contributed by atoms with E-state index < -0.39 is 11.8 Å². The number of imide groups is 1. The fourth-order valence-corrected chi connectivity index (χ4v) is 6.72. The van der Waals surface area contributed by atoms with Crippen molar-refractivity contribution in [1.82, 2.24) is 0 Å². The molecule has 2 bridgehead atoms. The summed E-state index contributed by atoms with van der Waals surface area (Å²) in [6.45, 7) is 4.03. The molecule has 1 N–H and O–H groups in total. The summed E-state index contributed by atoms with van der Waals surface area (Å²) >= 11 is 0. The molecule has 38 heavy (non-hydrogen) atoms. The summed E-state index contributed by atoms with van der Waals surface area (Å²) in [4.78, 5) is 42.0. The van der Waals surface area contributed by atoms with Crippen LogP contribution in [0.3, 0.4) is 0 Å². The lowest BCUT2D eigenvalue weighted by molar-refractivity contribution is -0.122. The Morgan fingerprint density at radius 3 is 1.63 bits per heavy atom. The molecule has 1 fully saturated rings. The molecular weight excluding hydrogens is 472 g/mol. The van der Waals surface area contributed by atoms with Gasteiger partial charge in [-0.05, 0) is 83.6 Å². The normalized spacial score (nSPS) is 22.6. The van der Waals surface area contributed by atoms with Crippen molar-refractivity contribution in [2.45, 2.75) is 25.7 Å². The highest BCUT2D eigenvalue weighted by Gasteiger charge is 2.61. The van der Waals surface area contributed by atoms with Crippen LogP contribution in [0.2, 0.25) is 0 Å². The van der Waals surface area contributed by atoms with Gasteiger partial charge in [-0.25, -0.2) is 4.90 Å². The molecule has 1 heterocycles. The molecule has 5 nitrogen and oxygen atoms in total. The Kier molecular flexibility index (Phi) is 4.92. The Hall–Kier alpha value is -4.51. The number of carbonyl (C=O) groups is 3. The highest BCUT2D eigenvalue weighted by Crippen LogP contribution is 2.61. The summed E-state index contributed by atoms with van der Waals surface area (Å²) < 4.78 is 0. The van der Waals surface area contributed by atoms with Crippen molar-refractivity contribution in [3.8, 4) is 0 Å². The summed E-state index contributed by atoms with van der Waals surface area (Å²) in [7, 11) is 0. The van der Waals surface area contributed by atoms with Crippen molar-refractivity contribution in [2.24, 2.45) is 11.8 Å². The SMILES string of the molecule is Cc1ccc(NC(=O)c2ccc(N3C(=O)[C@H]4C5c6ccccc6C(c6ccccc65)[C@@H]4C3=O)cc2)cc1C. The first kappa shape index (κ1) is 22.7. The first-order chi connectivity index (χ1) is 18.4. The summed E-state index contributed by atoms with van der Waals surface area (Å²) in [6, 6.07) is 29.0. The Balaban J connectivity index is 1.20. The van der Waals surface area contributed by atoms with Crippen LogP contribution in [0.1, 0.15) is 55.6 Å². The third-order valence-corrected chi connectivity index (χ3v) is 8.60. The van der Waals surface area contributed by atoms with Crippen molar-refractivity contribution in [3.63, 3.8) is 0 Å². The zero-order chi connectivity index (χ0) is 26.1. The number of benzene rings is 4. The van der Waals surface area contributed by atoms with Crippen LogP contribution in [0.4, 0.5) is 11.4 Å². The van der Waals surface area contributed by atoms with E-state index in [1.807, 2.05) is 56.3 Å². The van der Waals surface area contributed by atoms with Crippen molar-refractivity contribution in [3.05, 3.63) is 130 Å². The van der Waals surface area contributed by atoms with Crippen LogP contribution in [0.25, 0.3) is 0 Å². The second kappa shape index (κ2) is 8.25. The minimum absolute atomic E-state index is 0.137. The molecule has 3 amide bonds. The minimum Gasteiger partial charge on any atom is -0.322 e. The number of aryl methyl sites for hydroxylation is 2. The van der Waals surface area contributed by atoms with Crippen LogP contribution in [-0.2, 0) is 9.59 Å². The van der Waals surface area contributed by atoms with Gasteiger partial charge in [-0.3, -0.25) is 14.4 Å². The molecule has 8 rings (SSSR count). The van der Waals surface area contributed by atoms with Crippen molar-refractivity contribution in [1.29, 1.82) is 0 Å². The van der Waals surface area contributed by atoms with Crippen LogP contribution < -0.4 is 10.2 Å². The number of rotatable bonds is 3. The van der Waals surface area contributed by atoms with Gasteiger partial charge >= 0.3 is 0 Å². The number of anilines is 2. The van der Waals surface area contributed by atoms with Gasteiger partial charge in [-0.15, -0.1) is 0 Å². The molecule has 4 aromatic carbocycles. The van der Waals surface area contributed by atoms with Gasteiger partial charge in [-0.2, -0.15) is 0 Å². The highest BCUT2D eigenvalue weighted by molar-refractivity contribution is 6.23. The van der Waals surface area contributed by atoms with Gasteiger partial charge in [0.2, 0.25) is 11.8 Å². The van der Waals surface area contributed by atoms with E-state index in [0.717, 1.165) is 39.1 Å². The average molecular weight is 499 g/mol. The molecule has 186 valence electrons. The summed E-state index contributed by atoms with van der Waals surface area (Å²) in [5.41, 5.74) is 8.56. The molecule has 5 heteroatoms. The molecule has 0 saturated carbocycles. The molecule has 0 unspecified atom stereocenters. The second-order valence-electron chi connectivity index (χ2n) is 10.6. The number of hydrogen-bond acceptors (Lipinski definition) is 3. The maximum absolute atomic E-state index is 13.9. The van der Waals surface area contributed by atoms with Gasteiger partial charge in [0.25, 0.3) is 5.91 Å². The lowest BCUT2D eigenvalue weighted by atomic mass is 9.55. The maximum Gasteiger partial charge on any atom is 0.255 e. The molecule has 0 radical (unpaired) electrons. The number of carbonyl (C=O) groups excluding carboxylic acids is 3. The number of nitrogens with one attached hydrogen (secondary N) is 1. The van der Waals surface area contributed by atoms with Gasteiger partial charge in [0.15, 0.2) is 0 Å². The zero-order valence-electron chi connectivity index (χ0n) is 21.1. The third-order valence-electron chi connectivity index (χ3n) is 8.60. The number of amides is 3. The third kappa shape index (κ3) is 3.14. The lowest BCUT2D eigenvalue weighted by Gasteiger charge is -2.45. The minimum atomic E-state index is -0.426. The predicted molar refractivity (Wildman–Crippen MR) is 146 cm³/mol. The summed E-state index contributed by atoms with van der Waals surface area (Å²) in [5, 5.41) is 2.93. The monoisotopic (exact) mass is 498 g/mol. The van der Waals surface area contributed by atoms with E-state index >= 15 is 0 Å². The Labute approximate surface area is 221 Å². The van der Waals surface area contributed by atoms with Crippen LogP contribution in [0, 0.1) is 25.7 Å². The average Bonchev–Trinajstić information content (AvgIpc) is 3.21. The van der Waals surface area contributed by atoms with Crippen LogP contribution >= 0.6 is 0 Å². The highest BCUT2D eigenvalue weighted by atomic mass is 16.2. The molecule has 0 aromatic heterocycles. The van der Waals surface area contributed by atoms with Crippen LogP contribution in [0.15, 0.2) is 91.0 Å². The van der Waals surface area contributed by atoms with Crippen LogP contribution in [-0.4, -0.2) is 17.7 Å². The van der Waals surface area contributed by atoms with E-state index in [4.69, 9.17) is 0 Å². The Bertz CT molecular complexity index is 1540. The second-order valence-corrected chi connectivity index (χ2v) is 10.6. The lowest BCUT2D eigenvalue weighted by Crippen LogP contribution is -2.41. The molecule has 3 aliphatic carbocycles. The van der Waals surface area contributed by atoms with Crippen molar-refractivity contribution in [2.75, 3.05) is 10.2 Å². The van der Waals surface area contributed by atoms with Crippen molar-refractivity contribution >= 4 is 29.1 Å². The first-order valence-electron chi connectivity index (χ1n) is 13.0. The van der Waals surface area contributed by atoms with Crippen LogP contribution in [0.5, 0.6) is 0 Å². The zero-order valence-corrected chi connectivity index (χ0v) is 21.1. The van der Waals surface area contributed by atoms with Gasteiger partial charge in [0, 0.05) is 23.1 Å². The van der Waals surface area contributed by atoms with Gasteiger partial charge < -0.3 is 5.32 Å². The maximum atomic E-state index is 13.9. The van der Waals surface area contributed by atoms with E-state index in [1.54, 1.807) is 24.3 Å². The van der Waals surface area contributed by atoms with E-state index in [-0.39, 0.29) is 29.6 Å². The summed E-state index contributed by atoms with van der Waals surface area (Å²) in [6.07, 6.45) is 0. The van der Waals surface area contributed by atoms with E-state index in [1.165, 1.54) is 4.90 Å². The van der Waals surface area contributed by atoms with Gasteiger partial charge in [0.05, 0.1) is 17.5 Å². The van der Waals surface area contributed by atoms with E-state index in [9.17, 15) is 14.4 Å². The smallest absolute Gasteiger partial charge is 0.255 e. The number of hydrogen-bond donors (Lipinski definition) is 1. The molecular formula is C33H26N2O3. The van der Waals surface area contributed by atoms with Gasteiger partial charge in [-0.1, -0.05) is 54.6 Å². The number of nitrogens with zero attached hydrogens (tertiary/aromatic N) is 1.